The predicted octanol–water partition coefficient (Wildman–Crippen LogP) is 9.57. The Bertz CT molecular complexity index is 3900. The number of halogens is 3. The number of cyclic esters (lactones) is 2. The summed E-state index contributed by atoms with van der Waals surface area (Å²) in [5.41, 5.74) is 9.71. The van der Waals surface area contributed by atoms with Gasteiger partial charge in [-0.2, -0.15) is 0 Å². The predicted molar refractivity (Wildman–Crippen MR) is 360 cm³/mol. The molecule has 8 heterocycles. The number of ether oxygens (including phenoxy) is 4. The van der Waals surface area contributed by atoms with Gasteiger partial charge in [-0.1, -0.05) is 69.7 Å². The van der Waals surface area contributed by atoms with E-state index >= 15 is 0 Å². The highest BCUT2D eigenvalue weighted by Gasteiger charge is 2.47. The molecule has 0 saturated carbocycles. The fourth-order valence-corrected chi connectivity index (χ4v) is 12.8. The summed E-state index contributed by atoms with van der Waals surface area (Å²) in [6.45, 7) is 20.6. The van der Waals surface area contributed by atoms with Gasteiger partial charge in [0.2, 0.25) is 11.8 Å². The monoisotopic (exact) mass is 1350 g/mol. The van der Waals surface area contributed by atoms with Crippen molar-refractivity contribution in [2.24, 2.45) is 35.3 Å². The number of nitrogens with zero attached hydrogens (tertiary/aromatic N) is 4. The molecule has 4 aliphatic rings. The molecule has 4 aliphatic heterocycles. The van der Waals surface area contributed by atoms with Gasteiger partial charge >= 0.3 is 11.9 Å². The van der Waals surface area contributed by atoms with Crippen LogP contribution >= 0.6 is 0 Å². The van der Waals surface area contributed by atoms with Crippen LogP contribution in [0, 0.1) is 55.1 Å². The third kappa shape index (κ3) is 15.6. The molecule has 6 N–H and O–H groups in total. The number of hydrogen-bond donors (Lipinski definition) is 5. The number of ketones is 2. The van der Waals surface area contributed by atoms with Gasteiger partial charge in [0.25, 0.3) is 11.1 Å². The Labute approximate surface area is 564 Å². The first-order valence-electron chi connectivity index (χ1n) is 33.6. The Morgan fingerprint density at radius 1 is 0.639 bits per heavy atom. The summed E-state index contributed by atoms with van der Waals surface area (Å²) < 4.78 is 69.8. The van der Waals surface area contributed by atoms with Gasteiger partial charge in [0.05, 0.1) is 72.6 Å². The highest BCUT2D eigenvalue weighted by molar-refractivity contribution is 5.93. The lowest BCUT2D eigenvalue weighted by Crippen LogP contribution is -2.44. The van der Waals surface area contributed by atoms with Gasteiger partial charge in [0.15, 0.2) is 17.0 Å². The Morgan fingerprint density at radius 3 is 1.40 bits per heavy atom. The molecule has 4 aromatic heterocycles. The van der Waals surface area contributed by atoms with E-state index in [1.54, 1.807) is 74.9 Å². The van der Waals surface area contributed by atoms with Crippen molar-refractivity contribution < 1.29 is 72.5 Å². The molecule has 0 spiro atoms. The molecule has 0 bridgehead atoms. The van der Waals surface area contributed by atoms with E-state index in [-0.39, 0.29) is 153 Å². The maximum atomic E-state index is 14.7. The summed E-state index contributed by atoms with van der Waals surface area (Å²) in [5.74, 6) is -3.74. The van der Waals surface area contributed by atoms with Crippen LogP contribution in [-0.4, -0.2) is 105 Å². The highest BCUT2D eigenvalue weighted by Crippen LogP contribution is 2.43. The first kappa shape index (κ1) is 74.8. The number of esters is 2. The number of pyridine rings is 4. The zero-order valence-electron chi connectivity index (χ0n) is 57.7. The molecule has 2 amide bonds. The molecule has 6 aromatic rings. The molecule has 0 saturated heterocycles. The van der Waals surface area contributed by atoms with Crippen molar-refractivity contribution in [2.45, 2.75) is 191 Å². The van der Waals surface area contributed by atoms with Crippen molar-refractivity contribution in [3.05, 3.63) is 124 Å². The normalized spacial score (nSPS) is 17.7. The molecule has 0 unspecified atom stereocenters. The molecule has 0 fully saturated rings. The summed E-state index contributed by atoms with van der Waals surface area (Å²) in [7, 11) is -1.00. The van der Waals surface area contributed by atoms with Crippen LogP contribution in [0.4, 0.5) is 13.2 Å². The Kier molecular flexibility index (Phi) is 24.7. The van der Waals surface area contributed by atoms with Crippen LogP contribution in [-0.2, 0) is 98.1 Å². The fourth-order valence-electron chi connectivity index (χ4n) is 12.8. The van der Waals surface area contributed by atoms with Crippen molar-refractivity contribution in [1.82, 2.24) is 29.7 Å². The molecular weight excluding hydrogens is 1260 g/mol. The minimum absolute atomic E-state index is 0. The van der Waals surface area contributed by atoms with Gasteiger partial charge in [-0.25, -0.2) is 28.3 Å². The van der Waals surface area contributed by atoms with E-state index in [2.05, 4.69) is 10.6 Å². The van der Waals surface area contributed by atoms with E-state index in [0.29, 0.717) is 96.7 Å². The molecule has 24 heteroatoms. The van der Waals surface area contributed by atoms with Crippen LogP contribution < -0.4 is 27.5 Å². The minimum Gasteiger partial charge on any atom is -0.458 e. The Balaban J connectivity index is 0.000000263. The number of aryl methyl sites for hydroxylation is 4. The lowest BCUT2D eigenvalue weighted by atomic mass is 9.86. The second kappa shape index (κ2) is 32.1. The minimum atomic E-state index is -1.94. The highest BCUT2D eigenvalue weighted by atomic mass is 19.1. The number of nitrogens with one attached hydrogen (secondary N) is 2. The smallest absolute Gasteiger partial charge is 0.343 e. The van der Waals surface area contributed by atoms with E-state index in [1.807, 2.05) is 34.6 Å². The number of amides is 2. The number of carbonyl (C=O) groups excluding carboxylic acids is 6. The molecule has 2 aromatic carbocycles. The van der Waals surface area contributed by atoms with Gasteiger partial charge in [-0.15, -0.1) is 0 Å². The molecule has 97 heavy (non-hydrogen) atoms. The summed E-state index contributed by atoms with van der Waals surface area (Å²) >= 11 is 0. The van der Waals surface area contributed by atoms with Crippen molar-refractivity contribution >= 4 is 57.1 Å². The van der Waals surface area contributed by atoms with E-state index in [4.69, 9.17) is 36.0 Å². The Morgan fingerprint density at radius 2 is 1.03 bits per heavy atom. The second-order valence-electron chi connectivity index (χ2n) is 26.3. The third-order valence-electron chi connectivity index (χ3n) is 19.3. The van der Waals surface area contributed by atoms with Crippen molar-refractivity contribution in [3.63, 3.8) is 0 Å². The number of nitrogens with two attached hydrogens (primary N) is 1. The molecule has 6 atom stereocenters. The maximum Gasteiger partial charge on any atom is 0.343 e. The first-order valence-corrected chi connectivity index (χ1v) is 32.9. The van der Waals surface area contributed by atoms with Crippen molar-refractivity contribution in [3.8, 4) is 22.8 Å². The molecule has 0 aliphatic carbocycles. The number of unbranched alkanes of at least 4 members (excludes halogenated alkanes) is 2. The molecule has 10 rings (SSSR count). The van der Waals surface area contributed by atoms with Gasteiger partial charge in [0, 0.05) is 89.0 Å². The number of aromatic nitrogens is 4. The van der Waals surface area contributed by atoms with Crippen LogP contribution in [0.3, 0.4) is 0 Å². The maximum absolute atomic E-state index is 14.7. The summed E-state index contributed by atoms with van der Waals surface area (Å²) in [5, 5.41) is 29.4. The lowest BCUT2D eigenvalue weighted by molar-refractivity contribution is -0.172. The number of fused-ring (bicyclic) bond motifs is 10. The van der Waals surface area contributed by atoms with E-state index in [1.165, 1.54) is 12.1 Å². The number of carbonyl (C=O) groups is 6. The topological polar surface area (TPSA) is 300 Å². The quantitative estimate of drug-likeness (QED) is 0.0191. The molecular formula is C73H94F3N7O14. The standard InChI is InChI=1S/C36H44FN3O7.C35H43FN4O7.CH3F.CH4/c1-7-36(45)27-14-30-32-25(16-40(30)34(43)26(27)17-47-35(36)44)23(24-12-20(4)28(37)15-29(24)39-32)10-8-9-11-46-18-38-33(42)21(5)13-31(41)22(6)19(2)3;1-6-35(45)25-13-28-31-23(15-40(28)33(43)24(25)16-47-34(35)44)21(22-11-19(4)26(36)14-27(22)39-31)9-7-8-10-46-17-38-32(42)20(5)12-29(41)30(37)18(2)3;1-2;/h12,14-15,19,21-22,45H,7-11,13,16-18H2,1-6H3,(H,38,42);11,13-14,18,20,30,45H,6-10,12,15-17,37H2,1-5H3,(H,38,42);1H3;1H4/t21-,22+,36+;20-,30+,35+;;/m11../s1/i;;1D;. The average molecular weight is 1350 g/mol. The number of rotatable bonds is 26. The summed E-state index contributed by atoms with van der Waals surface area (Å²) in [4.78, 5) is 111. The van der Waals surface area contributed by atoms with Gasteiger partial charge in [-0.3, -0.25) is 33.2 Å². The van der Waals surface area contributed by atoms with Crippen LogP contribution in [0.2, 0.25) is 0 Å². The van der Waals surface area contributed by atoms with Gasteiger partial charge < -0.3 is 54.7 Å². The SMILES string of the molecule is C.CC[C@@]1(O)C(=O)OCc2c1cc1n(c2=O)Cc2c-1nc1cc(F)c(C)cc1c2CCCCOCNC(=O)[C@H](C)CC(=O)[C@@H](C)C(C)C.CC[C@@]1(O)C(=O)OCc2c1cc1n(c2=O)Cc2c-1nc1cc(F)c(C)cc1c2CCCCOCNC(=O)[C@H](C)CC(=O)[C@@H](N)C(C)C.[2H]CF. The molecule has 526 valence electrons. The van der Waals surface area contributed by atoms with Crippen LogP contribution in [0.1, 0.15) is 178 Å². The first-order chi connectivity index (χ1) is 46.0. The summed E-state index contributed by atoms with van der Waals surface area (Å²) in [6, 6.07) is 9.07. The number of benzene rings is 2. The number of alkyl halides is 1. The Hall–Kier alpha value is -8.03. The molecule has 21 nitrogen and oxygen atoms in total. The zero-order valence-corrected chi connectivity index (χ0v) is 56.7. The van der Waals surface area contributed by atoms with E-state index in [0.717, 1.165) is 33.0 Å². The van der Waals surface area contributed by atoms with E-state index in [9.17, 15) is 61.7 Å². The van der Waals surface area contributed by atoms with Gasteiger partial charge in [-0.05, 0) is 124 Å². The van der Waals surface area contributed by atoms with Gasteiger partial charge in [0.1, 0.15) is 44.1 Å². The largest absolute Gasteiger partial charge is 0.458 e. The third-order valence-corrected chi connectivity index (χ3v) is 19.3. The van der Waals surface area contributed by atoms with Crippen LogP contribution in [0.15, 0.2) is 46.0 Å². The fraction of sp³-hybridized carbons (Fsp3) is 0.534. The van der Waals surface area contributed by atoms with Crippen molar-refractivity contribution in [1.29, 1.82) is 0 Å². The number of hydrogen-bond acceptors (Lipinski definition) is 17. The molecule has 0 radical (unpaired) electrons. The number of Topliss-reactive ketones (excluding diaryl/α,β-unsaturated/α-hetero) is 2. The van der Waals surface area contributed by atoms with Crippen LogP contribution in [0.5, 0.6) is 0 Å². The zero-order chi connectivity index (χ0) is 71.1. The van der Waals surface area contributed by atoms with E-state index < -0.39 is 54.0 Å². The second-order valence-corrected chi connectivity index (χ2v) is 26.3. The summed E-state index contributed by atoms with van der Waals surface area (Å²) in [6.07, 6.45) is 4.31. The average Bonchev–Trinajstić information content (AvgIpc) is 1.53. The van der Waals surface area contributed by atoms with Crippen molar-refractivity contribution in [2.75, 3.05) is 33.8 Å². The number of aliphatic hydroxyl groups is 2. The van der Waals surface area contributed by atoms with Crippen LogP contribution in [0.25, 0.3) is 44.6 Å². The lowest BCUT2D eigenvalue weighted by Gasteiger charge is -2.31.